The van der Waals surface area contributed by atoms with Gasteiger partial charge in [0.25, 0.3) is 11.8 Å². The van der Waals surface area contributed by atoms with Crippen molar-refractivity contribution in [2.24, 2.45) is 0 Å². The van der Waals surface area contributed by atoms with Crippen molar-refractivity contribution < 1.29 is 24.1 Å². The molecule has 8 nitrogen and oxygen atoms in total. The van der Waals surface area contributed by atoms with Gasteiger partial charge in [-0.15, -0.1) is 0 Å². The highest BCUT2D eigenvalue weighted by atomic mass is 35.5. The topological polar surface area (TPSA) is 97.9 Å². The maximum atomic E-state index is 12.2. The summed E-state index contributed by atoms with van der Waals surface area (Å²) in [6.45, 7) is 11.2. The maximum Gasteiger partial charge on any atom is 0.262 e. The van der Waals surface area contributed by atoms with Gasteiger partial charge in [-0.2, -0.15) is 0 Å². The summed E-state index contributed by atoms with van der Waals surface area (Å²) in [6.07, 6.45) is 2.93. The highest BCUT2D eigenvalue weighted by Crippen LogP contribution is 2.11. The van der Waals surface area contributed by atoms with Gasteiger partial charge in [-0.1, -0.05) is 43.3 Å². The number of ether oxygens (including phenoxy) is 1. The van der Waals surface area contributed by atoms with Crippen LogP contribution < -0.4 is 16.0 Å². The second-order valence-corrected chi connectivity index (χ2v) is 6.94. The Bertz CT molecular complexity index is 658. The van der Waals surface area contributed by atoms with E-state index in [2.05, 4.69) is 29.1 Å². The van der Waals surface area contributed by atoms with E-state index >= 15 is 0 Å². The molecule has 1 aliphatic rings. The van der Waals surface area contributed by atoms with Crippen molar-refractivity contribution in [3.63, 3.8) is 0 Å². The Kier molecular flexibility index (Phi) is 11.6. The Hall–Kier alpha value is -1.84. The summed E-state index contributed by atoms with van der Waals surface area (Å²) >= 11 is 11.2. The summed E-state index contributed by atoms with van der Waals surface area (Å²) in [5.74, 6) is -0.431. The van der Waals surface area contributed by atoms with Gasteiger partial charge in [0.15, 0.2) is 12.7 Å². The number of carbonyl (C=O) groups is 2. The average molecular weight is 448 g/mol. The number of allylic oxidation sites excluding steroid dienone is 3. The third kappa shape index (κ3) is 9.96. The number of rotatable bonds is 11. The van der Waals surface area contributed by atoms with Crippen LogP contribution in [0.1, 0.15) is 26.7 Å². The lowest BCUT2D eigenvalue weighted by Gasteiger charge is -2.28. The first-order valence-electron chi connectivity index (χ1n) is 9.05. The van der Waals surface area contributed by atoms with Crippen LogP contribution in [0.15, 0.2) is 47.3 Å². The van der Waals surface area contributed by atoms with Crippen molar-refractivity contribution in [3.05, 3.63) is 47.3 Å². The molecule has 10 heteroatoms. The predicted octanol–water partition coefficient (Wildman–Crippen LogP) is 2.57. The van der Waals surface area contributed by atoms with E-state index in [1.165, 1.54) is 12.2 Å². The second kappa shape index (κ2) is 13.4. The minimum Gasteiger partial charge on any atom is -0.484 e. The third-order valence-corrected chi connectivity index (χ3v) is 4.26. The van der Waals surface area contributed by atoms with Crippen molar-refractivity contribution in [1.82, 2.24) is 16.0 Å². The molecule has 0 spiro atoms. The fourth-order valence-corrected chi connectivity index (χ4v) is 2.48. The number of carbonyl (C=O) groups excluding carboxylic acids is 2. The highest BCUT2D eigenvalue weighted by molar-refractivity contribution is 6.37. The van der Waals surface area contributed by atoms with Gasteiger partial charge in [-0.3, -0.25) is 14.9 Å². The van der Waals surface area contributed by atoms with Crippen molar-refractivity contribution in [2.75, 3.05) is 13.2 Å². The summed E-state index contributed by atoms with van der Waals surface area (Å²) < 4.78 is 5.29. The monoisotopic (exact) mass is 447 g/mol. The van der Waals surface area contributed by atoms with Gasteiger partial charge in [0.1, 0.15) is 12.0 Å². The summed E-state index contributed by atoms with van der Waals surface area (Å²) in [6, 6.07) is -0.278. The van der Waals surface area contributed by atoms with E-state index in [9.17, 15) is 9.59 Å². The van der Waals surface area contributed by atoms with E-state index in [-0.39, 0.29) is 29.8 Å². The second-order valence-electron chi connectivity index (χ2n) is 6.29. The lowest BCUT2D eigenvalue weighted by Crippen LogP contribution is -2.52. The largest absolute Gasteiger partial charge is 0.484 e. The molecule has 2 amide bonds. The Morgan fingerprint density at radius 3 is 2.69 bits per heavy atom. The summed E-state index contributed by atoms with van der Waals surface area (Å²) in [5, 5.41) is 8.70. The molecule has 0 radical (unpaired) electrons. The van der Waals surface area contributed by atoms with E-state index in [4.69, 9.17) is 37.7 Å². The molecular weight excluding hydrogens is 421 g/mol. The molecule has 0 saturated carbocycles. The van der Waals surface area contributed by atoms with E-state index in [1.54, 1.807) is 6.92 Å². The van der Waals surface area contributed by atoms with Crippen LogP contribution in [-0.4, -0.2) is 43.3 Å². The molecule has 0 aliphatic carbocycles. The van der Waals surface area contributed by atoms with Gasteiger partial charge in [0, 0.05) is 30.2 Å². The van der Waals surface area contributed by atoms with E-state index in [0.717, 1.165) is 12.0 Å². The molecule has 0 aromatic carbocycles. The first kappa shape index (κ1) is 25.2. The zero-order chi connectivity index (χ0) is 21.8. The molecule has 1 saturated heterocycles. The van der Waals surface area contributed by atoms with Gasteiger partial charge in [0.2, 0.25) is 0 Å². The maximum absolute atomic E-state index is 12.2. The van der Waals surface area contributed by atoms with Crippen molar-refractivity contribution >= 4 is 35.0 Å². The molecular formula is C19H27Cl2N3O5. The number of halogens is 2. The standard InChI is InChI=1S/C19H27Cl2N3O5/c1-5-15(8-14(21)9-20)27-11-17(25)23-12(3)7-13(4)24-19(26)16-10-22-18(6-2)29-28-16/h5,8-9,13,16,18,22H,1,3,6-7,10-11H2,2,4H3,(H,23,25)(H,24,26)/b14-9-,15-8+. The Balaban J connectivity index is 2.35. The van der Waals surface area contributed by atoms with Gasteiger partial charge in [-0.05, 0) is 25.5 Å². The predicted molar refractivity (Wildman–Crippen MR) is 112 cm³/mol. The number of hydrogen-bond acceptors (Lipinski definition) is 6. The van der Waals surface area contributed by atoms with Crippen LogP contribution >= 0.6 is 23.2 Å². The molecule has 3 atom stereocenters. The van der Waals surface area contributed by atoms with Gasteiger partial charge in [0.05, 0.1) is 5.03 Å². The lowest BCUT2D eigenvalue weighted by molar-refractivity contribution is -0.368. The van der Waals surface area contributed by atoms with Crippen LogP contribution in [0.3, 0.4) is 0 Å². The minimum absolute atomic E-state index is 0.216. The molecule has 1 heterocycles. The quantitative estimate of drug-likeness (QED) is 0.255. The Morgan fingerprint density at radius 2 is 2.14 bits per heavy atom. The smallest absolute Gasteiger partial charge is 0.262 e. The molecule has 1 rings (SSSR count). The molecule has 3 unspecified atom stereocenters. The van der Waals surface area contributed by atoms with Gasteiger partial charge >= 0.3 is 0 Å². The minimum atomic E-state index is -0.741. The lowest BCUT2D eigenvalue weighted by atomic mass is 10.2. The van der Waals surface area contributed by atoms with Gasteiger partial charge in [-0.25, -0.2) is 9.78 Å². The number of nitrogens with one attached hydrogen (secondary N) is 3. The first-order chi connectivity index (χ1) is 13.8. The zero-order valence-corrected chi connectivity index (χ0v) is 18.0. The van der Waals surface area contributed by atoms with Crippen molar-refractivity contribution in [1.29, 1.82) is 0 Å². The van der Waals surface area contributed by atoms with E-state index < -0.39 is 12.0 Å². The molecule has 162 valence electrons. The summed E-state index contributed by atoms with van der Waals surface area (Å²) in [7, 11) is 0. The molecule has 3 N–H and O–H groups in total. The Morgan fingerprint density at radius 1 is 1.41 bits per heavy atom. The summed E-state index contributed by atoms with van der Waals surface area (Å²) in [4.78, 5) is 34.3. The van der Waals surface area contributed by atoms with Gasteiger partial charge < -0.3 is 15.4 Å². The molecule has 29 heavy (non-hydrogen) atoms. The molecule has 0 aromatic rings. The number of amides is 2. The van der Waals surface area contributed by atoms with Crippen LogP contribution in [0.2, 0.25) is 0 Å². The van der Waals surface area contributed by atoms with Crippen LogP contribution in [0.5, 0.6) is 0 Å². The van der Waals surface area contributed by atoms with Crippen LogP contribution in [-0.2, 0) is 24.1 Å². The molecule has 0 bridgehead atoms. The SMILES string of the molecule is C=C/C(=C\C(Cl)=C\Cl)OCC(=O)NC(=C)CC(C)NC(=O)C1CNC(CC)OO1. The van der Waals surface area contributed by atoms with Crippen LogP contribution in [0.4, 0.5) is 0 Å². The normalized spacial score (nSPS) is 21.1. The molecule has 1 fully saturated rings. The summed E-state index contributed by atoms with van der Waals surface area (Å²) in [5.41, 5.74) is 1.59. The first-order valence-corrected chi connectivity index (χ1v) is 9.86. The Labute approximate surface area is 180 Å². The highest BCUT2D eigenvalue weighted by Gasteiger charge is 2.28. The molecule has 1 aliphatic heterocycles. The fraction of sp³-hybridized carbons (Fsp3) is 0.474. The fourth-order valence-electron chi connectivity index (χ4n) is 2.31. The molecule has 0 aromatic heterocycles. The van der Waals surface area contributed by atoms with Crippen molar-refractivity contribution in [2.45, 2.75) is 45.1 Å². The number of hydrogen-bond donors (Lipinski definition) is 3. The zero-order valence-electron chi connectivity index (χ0n) is 16.5. The van der Waals surface area contributed by atoms with Crippen molar-refractivity contribution in [3.8, 4) is 0 Å². The van der Waals surface area contributed by atoms with Crippen LogP contribution in [0, 0.1) is 0 Å². The third-order valence-electron chi connectivity index (χ3n) is 3.69. The average Bonchev–Trinajstić information content (AvgIpc) is 2.70. The van der Waals surface area contributed by atoms with E-state index in [1.807, 2.05) is 6.92 Å². The van der Waals surface area contributed by atoms with Crippen LogP contribution in [0.25, 0.3) is 0 Å². The van der Waals surface area contributed by atoms with E-state index in [0.29, 0.717) is 24.4 Å².